The molecule has 3 rings (SSSR count). The molecule has 2 aromatic rings. The van der Waals surface area contributed by atoms with Gasteiger partial charge < -0.3 is 14.9 Å². The number of aliphatic hydroxyl groups is 1. The van der Waals surface area contributed by atoms with Gasteiger partial charge in [0.15, 0.2) is 0 Å². The predicted octanol–water partition coefficient (Wildman–Crippen LogP) is 6.84. The van der Waals surface area contributed by atoms with Crippen LogP contribution < -0.4 is 0 Å². The first kappa shape index (κ1) is 32.8. The van der Waals surface area contributed by atoms with E-state index in [0.29, 0.717) is 36.1 Å². The van der Waals surface area contributed by atoms with Crippen molar-refractivity contribution in [3.63, 3.8) is 0 Å². The van der Waals surface area contributed by atoms with Crippen molar-refractivity contribution in [3.8, 4) is 0 Å². The zero-order valence-electron chi connectivity index (χ0n) is 23.1. The molecule has 2 aromatic carbocycles. The second-order valence-electron chi connectivity index (χ2n) is 10.8. The molecule has 1 aliphatic heterocycles. The SMILES string of the molecule is CCC(C)(O)CS(=O)[C@H]1CCN(C(=O)N(C)Cc2cc(C(F)(F)F)cc(C(F)(F)F)c2)[C@@H](c2ccc(F)cc2C)C1. The van der Waals surface area contributed by atoms with Gasteiger partial charge in [0.1, 0.15) is 5.82 Å². The molecule has 0 aliphatic carbocycles. The molecule has 41 heavy (non-hydrogen) atoms. The lowest BCUT2D eigenvalue weighted by Crippen LogP contribution is -2.49. The minimum atomic E-state index is -5.02. The number of urea groups is 1. The van der Waals surface area contributed by atoms with Crippen LogP contribution >= 0.6 is 0 Å². The standard InChI is InChI=1S/C28H33F7N2O3S/c1-5-26(3,39)16-41(40)22-8-9-37(24(14-22)23-7-6-21(29)10-17(23)2)25(38)36(4)15-18-11-19(27(30,31)32)13-20(12-18)28(33,34)35/h6-7,10-13,22,24,39H,5,8-9,14-16H2,1-4H3/t22-,24+,26?,41?/m0/s1. The first-order chi connectivity index (χ1) is 18.8. The van der Waals surface area contributed by atoms with E-state index in [1.807, 2.05) is 0 Å². The topological polar surface area (TPSA) is 60.9 Å². The van der Waals surface area contributed by atoms with E-state index in [-0.39, 0.29) is 30.3 Å². The molecule has 0 spiro atoms. The van der Waals surface area contributed by atoms with Crippen LogP contribution in [-0.2, 0) is 29.7 Å². The summed E-state index contributed by atoms with van der Waals surface area (Å²) in [5.41, 5.74) is -3.36. The zero-order valence-corrected chi connectivity index (χ0v) is 23.9. The number of hydrogen-bond donors (Lipinski definition) is 1. The number of hydrogen-bond acceptors (Lipinski definition) is 3. The maximum Gasteiger partial charge on any atom is 0.416 e. The molecule has 2 unspecified atom stereocenters. The lowest BCUT2D eigenvalue weighted by atomic mass is 9.92. The normalized spacial score (nSPS) is 20.4. The van der Waals surface area contributed by atoms with Gasteiger partial charge in [0, 0.05) is 36.2 Å². The second kappa shape index (κ2) is 12.3. The minimum absolute atomic E-state index is 0.0220. The third-order valence-corrected chi connectivity index (χ3v) is 9.45. The number of alkyl halides is 6. The van der Waals surface area contributed by atoms with Crippen LogP contribution in [0, 0.1) is 12.7 Å². The first-order valence-corrected chi connectivity index (χ1v) is 14.4. The Kier molecular flexibility index (Phi) is 9.84. The van der Waals surface area contributed by atoms with E-state index >= 15 is 0 Å². The van der Waals surface area contributed by atoms with Gasteiger partial charge in [-0.25, -0.2) is 9.18 Å². The lowest BCUT2D eigenvalue weighted by Gasteiger charge is -2.42. The van der Waals surface area contributed by atoms with Crippen LogP contribution in [0.4, 0.5) is 35.5 Å². The highest BCUT2D eigenvalue weighted by atomic mass is 32.2. The Labute approximate surface area is 236 Å². The molecule has 1 fully saturated rings. The molecule has 1 saturated heterocycles. The average molecular weight is 611 g/mol. The van der Waals surface area contributed by atoms with Crippen molar-refractivity contribution in [2.24, 2.45) is 0 Å². The van der Waals surface area contributed by atoms with Gasteiger partial charge in [0.25, 0.3) is 0 Å². The number of piperidine rings is 1. The number of carbonyl (C=O) groups is 1. The molecule has 0 saturated carbocycles. The number of likely N-dealkylation sites (tertiary alicyclic amines) is 1. The summed E-state index contributed by atoms with van der Waals surface area (Å²) in [5, 5.41) is 10.0. The van der Waals surface area contributed by atoms with Crippen molar-refractivity contribution >= 4 is 16.8 Å². The summed E-state index contributed by atoms with van der Waals surface area (Å²) in [6.07, 6.45) is -9.16. The van der Waals surface area contributed by atoms with E-state index < -0.39 is 69.6 Å². The van der Waals surface area contributed by atoms with Crippen LogP contribution in [0.2, 0.25) is 0 Å². The molecule has 0 aromatic heterocycles. The first-order valence-electron chi connectivity index (χ1n) is 13.0. The summed E-state index contributed by atoms with van der Waals surface area (Å²) in [6, 6.07) is 3.85. The molecule has 2 amide bonds. The van der Waals surface area contributed by atoms with Crippen LogP contribution in [0.15, 0.2) is 36.4 Å². The van der Waals surface area contributed by atoms with Gasteiger partial charge in [-0.3, -0.25) is 4.21 Å². The smallest absolute Gasteiger partial charge is 0.389 e. The number of benzene rings is 2. The summed E-state index contributed by atoms with van der Waals surface area (Å²) in [5.74, 6) is -0.477. The molecule has 0 radical (unpaired) electrons. The van der Waals surface area contributed by atoms with Crippen LogP contribution in [-0.4, -0.2) is 55.3 Å². The van der Waals surface area contributed by atoms with Crippen molar-refractivity contribution in [2.75, 3.05) is 19.3 Å². The number of carbonyl (C=O) groups excluding carboxylic acids is 1. The van der Waals surface area contributed by atoms with Gasteiger partial charge in [0.2, 0.25) is 0 Å². The Bertz CT molecular complexity index is 1250. The van der Waals surface area contributed by atoms with E-state index in [1.165, 1.54) is 30.1 Å². The Morgan fingerprint density at radius 2 is 1.66 bits per heavy atom. The van der Waals surface area contributed by atoms with Gasteiger partial charge in [-0.05, 0) is 80.1 Å². The van der Waals surface area contributed by atoms with Crippen LogP contribution in [0.25, 0.3) is 0 Å². The Hall–Kier alpha value is -2.67. The highest BCUT2D eigenvalue weighted by Crippen LogP contribution is 2.38. The van der Waals surface area contributed by atoms with Crippen molar-refractivity contribution in [1.29, 1.82) is 0 Å². The second-order valence-corrected chi connectivity index (χ2v) is 12.5. The van der Waals surface area contributed by atoms with Gasteiger partial charge in [-0.15, -0.1) is 0 Å². The highest BCUT2D eigenvalue weighted by molar-refractivity contribution is 7.85. The Morgan fingerprint density at radius 3 is 2.17 bits per heavy atom. The third kappa shape index (κ3) is 8.21. The summed E-state index contributed by atoms with van der Waals surface area (Å²) in [6.45, 7) is 4.55. The van der Waals surface area contributed by atoms with Crippen molar-refractivity contribution in [3.05, 3.63) is 70.0 Å². The molecule has 4 atom stereocenters. The molecule has 1 N–H and O–H groups in total. The van der Waals surface area contributed by atoms with Crippen molar-refractivity contribution in [1.82, 2.24) is 9.80 Å². The highest BCUT2D eigenvalue weighted by Gasteiger charge is 2.40. The quantitative estimate of drug-likeness (QED) is 0.350. The lowest BCUT2D eigenvalue weighted by molar-refractivity contribution is -0.143. The van der Waals surface area contributed by atoms with E-state index in [4.69, 9.17) is 0 Å². The Balaban J connectivity index is 1.92. The fourth-order valence-corrected chi connectivity index (χ4v) is 6.72. The molecule has 13 heteroatoms. The fraction of sp³-hybridized carbons (Fsp3) is 0.536. The fourth-order valence-electron chi connectivity index (χ4n) is 4.91. The largest absolute Gasteiger partial charge is 0.416 e. The maximum absolute atomic E-state index is 13.9. The molecular weight excluding hydrogens is 577 g/mol. The molecule has 1 heterocycles. The molecule has 5 nitrogen and oxygen atoms in total. The van der Waals surface area contributed by atoms with Crippen LogP contribution in [0.1, 0.15) is 67.0 Å². The summed E-state index contributed by atoms with van der Waals surface area (Å²) in [4.78, 5) is 16.0. The van der Waals surface area contributed by atoms with Gasteiger partial charge in [-0.1, -0.05) is 13.0 Å². The Morgan fingerprint density at radius 1 is 1.07 bits per heavy atom. The van der Waals surface area contributed by atoms with Gasteiger partial charge in [-0.2, -0.15) is 26.3 Å². The number of nitrogens with zero attached hydrogens (tertiary/aromatic N) is 2. The average Bonchev–Trinajstić information content (AvgIpc) is 2.86. The maximum atomic E-state index is 13.9. The number of amides is 2. The third-order valence-electron chi connectivity index (χ3n) is 7.37. The van der Waals surface area contributed by atoms with E-state index in [0.717, 1.165) is 4.90 Å². The minimum Gasteiger partial charge on any atom is -0.389 e. The molecule has 0 bridgehead atoms. The van der Waals surface area contributed by atoms with Gasteiger partial charge >= 0.3 is 18.4 Å². The molecular formula is C28H33F7N2O3S. The van der Waals surface area contributed by atoms with Crippen LogP contribution in [0.3, 0.4) is 0 Å². The van der Waals surface area contributed by atoms with Crippen molar-refractivity contribution in [2.45, 2.75) is 75.8 Å². The van der Waals surface area contributed by atoms with E-state index in [2.05, 4.69) is 0 Å². The number of halogens is 7. The van der Waals surface area contributed by atoms with E-state index in [1.54, 1.807) is 20.8 Å². The molecule has 1 aliphatic rings. The predicted molar refractivity (Wildman–Crippen MR) is 141 cm³/mol. The zero-order chi connectivity index (χ0) is 30.9. The van der Waals surface area contributed by atoms with Crippen molar-refractivity contribution < 1.29 is 44.8 Å². The van der Waals surface area contributed by atoms with Crippen LogP contribution in [0.5, 0.6) is 0 Å². The summed E-state index contributed by atoms with van der Waals surface area (Å²) in [7, 11) is -0.192. The summed E-state index contributed by atoms with van der Waals surface area (Å²) < 4.78 is 107. The number of aryl methyl sites for hydroxylation is 1. The molecule has 228 valence electrons. The monoisotopic (exact) mass is 610 g/mol. The summed E-state index contributed by atoms with van der Waals surface area (Å²) >= 11 is 0. The number of rotatable bonds is 7. The van der Waals surface area contributed by atoms with E-state index in [9.17, 15) is 44.8 Å². The van der Waals surface area contributed by atoms with Gasteiger partial charge in [0.05, 0.1) is 28.5 Å².